The predicted molar refractivity (Wildman–Crippen MR) is 91.8 cm³/mol. The summed E-state index contributed by atoms with van der Waals surface area (Å²) in [5, 5.41) is 13.2. The number of nitriles is 1. The summed E-state index contributed by atoms with van der Waals surface area (Å²) in [7, 11) is 1.39. The molecule has 0 amide bonds. The van der Waals surface area contributed by atoms with Gasteiger partial charge in [0.25, 0.3) is 0 Å². The zero-order chi connectivity index (χ0) is 18.7. The Labute approximate surface area is 150 Å². The van der Waals surface area contributed by atoms with Gasteiger partial charge in [0.1, 0.15) is 17.5 Å². The van der Waals surface area contributed by atoms with Crippen molar-refractivity contribution in [1.29, 1.82) is 5.26 Å². The zero-order valence-corrected chi connectivity index (χ0v) is 14.2. The van der Waals surface area contributed by atoms with Crippen LogP contribution in [0.25, 0.3) is 16.6 Å². The average molecular weight is 379 g/mol. The van der Waals surface area contributed by atoms with Gasteiger partial charge in [-0.2, -0.15) is 23.5 Å². The van der Waals surface area contributed by atoms with Gasteiger partial charge in [0.15, 0.2) is 0 Å². The van der Waals surface area contributed by atoms with Gasteiger partial charge in [-0.25, -0.2) is 9.50 Å². The van der Waals surface area contributed by atoms with Gasteiger partial charge in [0, 0.05) is 18.0 Å². The third-order valence-electron chi connectivity index (χ3n) is 3.44. The van der Waals surface area contributed by atoms with Gasteiger partial charge < -0.3 is 9.46 Å². The number of pyridine rings is 2. The molecular formula is C16H12F3N5OS. The Morgan fingerprint density at radius 1 is 1.31 bits per heavy atom. The number of alkyl halides is 3. The standard InChI is InChI=1S/C16H12F3N5OS/c1-25-15-13(23-26-9-16(17,18)19)4-11(7-21-15)10-2-3-24-14(5-10)12(6-20)8-22-24/h2-5,7-8,23H,9H2,1H3. The fraction of sp³-hybridized carbons (Fsp3) is 0.188. The molecule has 3 heterocycles. The van der Waals surface area contributed by atoms with Crippen LogP contribution in [-0.2, 0) is 0 Å². The number of nitrogens with one attached hydrogen (secondary N) is 1. The first-order chi connectivity index (χ1) is 12.4. The molecular weight excluding hydrogens is 367 g/mol. The Hall–Kier alpha value is -2.93. The summed E-state index contributed by atoms with van der Waals surface area (Å²) in [6.07, 6.45) is 0.427. The van der Waals surface area contributed by atoms with Crippen LogP contribution in [0.4, 0.5) is 18.9 Å². The second-order valence-electron chi connectivity index (χ2n) is 5.20. The van der Waals surface area contributed by atoms with Crippen molar-refractivity contribution in [2.24, 2.45) is 0 Å². The quantitative estimate of drug-likeness (QED) is 0.678. The minimum Gasteiger partial charge on any atom is -0.480 e. The molecule has 0 bridgehead atoms. The number of hydrogen-bond donors (Lipinski definition) is 1. The maximum absolute atomic E-state index is 12.3. The van der Waals surface area contributed by atoms with E-state index in [1.807, 2.05) is 0 Å². The molecule has 3 aromatic rings. The highest BCUT2D eigenvalue weighted by Gasteiger charge is 2.27. The lowest BCUT2D eigenvalue weighted by Crippen LogP contribution is -2.12. The average Bonchev–Trinajstić information content (AvgIpc) is 3.02. The van der Waals surface area contributed by atoms with Crippen LogP contribution in [0.5, 0.6) is 5.88 Å². The van der Waals surface area contributed by atoms with Crippen LogP contribution in [-0.4, -0.2) is 33.6 Å². The smallest absolute Gasteiger partial charge is 0.399 e. The largest absolute Gasteiger partial charge is 0.480 e. The molecule has 0 unspecified atom stereocenters. The third-order valence-corrected chi connectivity index (χ3v) is 4.27. The number of hydrogen-bond acceptors (Lipinski definition) is 6. The van der Waals surface area contributed by atoms with Crippen molar-refractivity contribution in [3.63, 3.8) is 0 Å². The summed E-state index contributed by atoms with van der Waals surface area (Å²) < 4.78 is 46.3. The van der Waals surface area contributed by atoms with E-state index in [1.165, 1.54) is 13.3 Å². The number of halogens is 3. The Bertz CT molecular complexity index is 980. The van der Waals surface area contributed by atoms with Crippen LogP contribution in [0, 0.1) is 11.3 Å². The van der Waals surface area contributed by atoms with E-state index in [1.54, 1.807) is 35.1 Å². The number of aromatic nitrogens is 3. The fourth-order valence-electron chi connectivity index (χ4n) is 2.29. The molecule has 0 saturated carbocycles. The van der Waals surface area contributed by atoms with Crippen molar-refractivity contribution in [2.75, 3.05) is 17.6 Å². The maximum atomic E-state index is 12.3. The van der Waals surface area contributed by atoms with Crippen LogP contribution in [0.1, 0.15) is 5.56 Å². The molecule has 0 aliphatic rings. The Kier molecular flexibility index (Phi) is 4.90. The minimum atomic E-state index is -4.28. The minimum absolute atomic E-state index is 0.187. The highest BCUT2D eigenvalue weighted by atomic mass is 32.2. The summed E-state index contributed by atoms with van der Waals surface area (Å²) >= 11 is 0.505. The Morgan fingerprint density at radius 3 is 2.81 bits per heavy atom. The molecule has 0 saturated heterocycles. The van der Waals surface area contributed by atoms with Crippen molar-refractivity contribution in [2.45, 2.75) is 6.18 Å². The maximum Gasteiger partial charge on any atom is 0.399 e. The van der Waals surface area contributed by atoms with Gasteiger partial charge in [-0.05, 0) is 35.7 Å². The van der Waals surface area contributed by atoms with Gasteiger partial charge in [0.05, 0.1) is 24.4 Å². The Balaban J connectivity index is 1.93. The van der Waals surface area contributed by atoms with Crippen LogP contribution >= 0.6 is 11.9 Å². The molecule has 0 atom stereocenters. The molecule has 0 radical (unpaired) electrons. The van der Waals surface area contributed by atoms with E-state index in [-0.39, 0.29) is 5.88 Å². The second-order valence-corrected chi connectivity index (χ2v) is 5.98. The Morgan fingerprint density at radius 2 is 2.12 bits per heavy atom. The first-order valence-electron chi connectivity index (χ1n) is 7.28. The number of rotatable bonds is 5. The molecule has 0 spiro atoms. The first-order valence-corrected chi connectivity index (χ1v) is 8.26. The van der Waals surface area contributed by atoms with Gasteiger partial charge >= 0.3 is 6.18 Å². The summed E-state index contributed by atoms with van der Waals surface area (Å²) in [4.78, 5) is 4.13. The normalized spacial score (nSPS) is 11.3. The van der Waals surface area contributed by atoms with Gasteiger partial charge in [0.2, 0.25) is 5.88 Å². The number of ether oxygens (including phenoxy) is 1. The summed E-state index contributed by atoms with van der Waals surface area (Å²) in [5.41, 5.74) is 2.78. The summed E-state index contributed by atoms with van der Waals surface area (Å²) in [6.45, 7) is 0. The molecule has 134 valence electrons. The predicted octanol–water partition coefficient (Wildman–Crippen LogP) is 3.90. The van der Waals surface area contributed by atoms with E-state index in [2.05, 4.69) is 20.9 Å². The highest BCUT2D eigenvalue weighted by molar-refractivity contribution is 8.00. The topological polar surface area (TPSA) is 75.2 Å². The molecule has 0 aliphatic heterocycles. The lowest BCUT2D eigenvalue weighted by atomic mass is 10.1. The van der Waals surface area contributed by atoms with Crippen LogP contribution in [0.2, 0.25) is 0 Å². The van der Waals surface area contributed by atoms with E-state index >= 15 is 0 Å². The highest BCUT2D eigenvalue weighted by Crippen LogP contribution is 2.32. The molecule has 0 fully saturated rings. The van der Waals surface area contributed by atoms with E-state index in [0.29, 0.717) is 34.3 Å². The molecule has 10 heteroatoms. The van der Waals surface area contributed by atoms with E-state index in [0.717, 1.165) is 5.56 Å². The molecule has 0 aliphatic carbocycles. The van der Waals surface area contributed by atoms with Gasteiger partial charge in [-0.1, -0.05) is 0 Å². The molecule has 26 heavy (non-hydrogen) atoms. The number of methoxy groups -OCH3 is 1. The summed E-state index contributed by atoms with van der Waals surface area (Å²) in [6, 6.07) is 7.24. The number of nitrogens with zero attached hydrogens (tertiary/aromatic N) is 4. The second kappa shape index (κ2) is 7.13. The molecule has 3 aromatic heterocycles. The lowest BCUT2D eigenvalue weighted by molar-refractivity contribution is -0.105. The number of anilines is 1. The molecule has 3 rings (SSSR count). The van der Waals surface area contributed by atoms with Crippen LogP contribution in [0.3, 0.4) is 0 Å². The van der Waals surface area contributed by atoms with Crippen molar-refractivity contribution >= 4 is 23.2 Å². The number of fused-ring (bicyclic) bond motifs is 1. The zero-order valence-electron chi connectivity index (χ0n) is 13.4. The summed E-state index contributed by atoms with van der Waals surface area (Å²) in [5.74, 6) is -0.861. The van der Waals surface area contributed by atoms with Crippen molar-refractivity contribution < 1.29 is 17.9 Å². The third kappa shape index (κ3) is 3.83. The molecule has 0 aromatic carbocycles. The molecule has 1 N–H and O–H groups in total. The van der Waals surface area contributed by atoms with E-state index in [4.69, 9.17) is 10.00 Å². The lowest BCUT2D eigenvalue weighted by Gasteiger charge is -2.12. The van der Waals surface area contributed by atoms with Gasteiger partial charge in [-0.15, -0.1) is 0 Å². The SMILES string of the molecule is COc1ncc(-c2ccn3ncc(C#N)c3c2)cc1NSCC(F)(F)F. The molecule has 6 nitrogen and oxygen atoms in total. The first kappa shape index (κ1) is 17.9. The van der Waals surface area contributed by atoms with Gasteiger partial charge in [-0.3, -0.25) is 0 Å². The van der Waals surface area contributed by atoms with Crippen LogP contribution in [0.15, 0.2) is 36.8 Å². The van der Waals surface area contributed by atoms with Crippen molar-refractivity contribution in [3.05, 3.63) is 42.4 Å². The fourth-order valence-corrected chi connectivity index (χ4v) is 2.83. The van der Waals surface area contributed by atoms with Crippen molar-refractivity contribution in [3.8, 4) is 23.1 Å². The van der Waals surface area contributed by atoms with Crippen LogP contribution < -0.4 is 9.46 Å². The monoisotopic (exact) mass is 379 g/mol. The van der Waals surface area contributed by atoms with Crippen molar-refractivity contribution in [1.82, 2.24) is 14.6 Å². The van der Waals surface area contributed by atoms with E-state index < -0.39 is 11.9 Å². The van der Waals surface area contributed by atoms with E-state index in [9.17, 15) is 13.2 Å².